The first-order chi connectivity index (χ1) is 17.8. The number of aromatic nitrogens is 5. The van der Waals surface area contributed by atoms with Crippen molar-refractivity contribution in [1.29, 1.82) is 5.26 Å². The Balaban J connectivity index is 1.39. The fourth-order valence-electron chi connectivity index (χ4n) is 4.02. The molecule has 0 saturated carbocycles. The van der Waals surface area contributed by atoms with Crippen molar-refractivity contribution in [2.24, 2.45) is 0 Å². The number of halogens is 3. The molecule has 0 aliphatic rings. The molecule has 1 amide bonds. The van der Waals surface area contributed by atoms with E-state index in [1.807, 2.05) is 12.1 Å². The summed E-state index contributed by atoms with van der Waals surface area (Å²) in [5.74, 6) is -0.552. The van der Waals surface area contributed by atoms with Gasteiger partial charge in [-0.3, -0.25) is 9.48 Å². The van der Waals surface area contributed by atoms with Crippen LogP contribution in [0.1, 0.15) is 33.9 Å². The molecule has 37 heavy (non-hydrogen) atoms. The molecule has 2 N–H and O–H groups in total. The number of nitriles is 1. The predicted octanol–water partition coefficient (Wildman–Crippen LogP) is 5.60. The molecule has 11 heteroatoms. The van der Waals surface area contributed by atoms with Crippen molar-refractivity contribution >= 4 is 22.6 Å². The van der Waals surface area contributed by atoms with Gasteiger partial charge in [0.15, 0.2) is 0 Å². The molecule has 0 radical (unpaired) electrons. The van der Waals surface area contributed by atoms with E-state index in [9.17, 15) is 23.2 Å². The number of alkyl halides is 3. The lowest BCUT2D eigenvalue weighted by atomic mass is 10.0. The number of carbonyl (C=O) groups is 1. The second-order valence-electron chi connectivity index (χ2n) is 8.20. The number of carbonyl (C=O) groups excluding carboxylic acids is 1. The number of rotatable bonds is 6. The Bertz CT molecular complexity index is 1610. The number of hydrogen-bond acceptors (Lipinski definition) is 5. The van der Waals surface area contributed by atoms with E-state index in [1.54, 1.807) is 41.5 Å². The number of benzene rings is 2. The van der Waals surface area contributed by atoms with Gasteiger partial charge in [-0.2, -0.15) is 23.5 Å². The van der Waals surface area contributed by atoms with Gasteiger partial charge in [-0.05, 0) is 48.0 Å². The molecule has 8 nitrogen and oxygen atoms in total. The summed E-state index contributed by atoms with van der Waals surface area (Å²) in [6.07, 6.45) is 2.32. The van der Waals surface area contributed by atoms with Gasteiger partial charge in [0.2, 0.25) is 0 Å². The van der Waals surface area contributed by atoms with Crippen LogP contribution < -0.4 is 5.32 Å². The Labute approximate surface area is 208 Å². The van der Waals surface area contributed by atoms with E-state index in [0.29, 0.717) is 17.0 Å². The van der Waals surface area contributed by atoms with Crippen LogP contribution in [0.25, 0.3) is 22.3 Å². The van der Waals surface area contributed by atoms with E-state index in [4.69, 9.17) is 0 Å². The van der Waals surface area contributed by atoms with Crippen molar-refractivity contribution in [3.8, 4) is 17.3 Å². The topological polar surface area (TPSA) is 112 Å². The molecule has 0 spiro atoms. The first-order valence-corrected chi connectivity index (χ1v) is 11.1. The van der Waals surface area contributed by atoms with Gasteiger partial charge in [0, 0.05) is 34.6 Å². The van der Waals surface area contributed by atoms with Crippen LogP contribution in [0.3, 0.4) is 0 Å². The van der Waals surface area contributed by atoms with Gasteiger partial charge in [0.05, 0.1) is 36.0 Å². The Kier molecular flexibility index (Phi) is 6.15. The van der Waals surface area contributed by atoms with E-state index in [2.05, 4.69) is 31.4 Å². The summed E-state index contributed by atoms with van der Waals surface area (Å²) < 4.78 is 40.1. The summed E-state index contributed by atoms with van der Waals surface area (Å²) in [5.41, 5.74) is 2.56. The molecule has 3 heterocycles. The van der Waals surface area contributed by atoms with Crippen molar-refractivity contribution < 1.29 is 18.0 Å². The third-order valence-corrected chi connectivity index (χ3v) is 5.84. The lowest BCUT2D eigenvalue weighted by Crippen LogP contribution is -2.14. The average Bonchev–Trinajstić information content (AvgIpc) is 3.57. The predicted molar refractivity (Wildman–Crippen MR) is 129 cm³/mol. The SMILES string of the molecule is N#CCC(c1cccc(NC(=O)c2ccc(C(F)(F)F)cc2)c1)n1cc(-c2ncnc3[nH]ccc23)cn1. The first kappa shape index (κ1) is 23.7. The molecule has 184 valence electrons. The number of hydrogen-bond donors (Lipinski definition) is 2. The van der Waals surface area contributed by atoms with Gasteiger partial charge in [-0.25, -0.2) is 9.97 Å². The summed E-state index contributed by atoms with van der Waals surface area (Å²) >= 11 is 0. The van der Waals surface area contributed by atoms with Gasteiger partial charge < -0.3 is 10.3 Å². The van der Waals surface area contributed by atoms with Gasteiger partial charge in [0.25, 0.3) is 5.91 Å². The molecule has 1 atom stereocenters. The number of anilines is 1. The highest BCUT2D eigenvalue weighted by Gasteiger charge is 2.30. The largest absolute Gasteiger partial charge is 0.416 e. The van der Waals surface area contributed by atoms with Crippen molar-refractivity contribution in [3.63, 3.8) is 0 Å². The molecule has 0 aliphatic carbocycles. The van der Waals surface area contributed by atoms with Crippen molar-refractivity contribution in [3.05, 3.63) is 96.2 Å². The lowest BCUT2D eigenvalue weighted by molar-refractivity contribution is -0.137. The van der Waals surface area contributed by atoms with Crippen LogP contribution in [0, 0.1) is 11.3 Å². The Morgan fingerprint density at radius 3 is 2.70 bits per heavy atom. The van der Waals surface area contributed by atoms with Crippen LogP contribution in [-0.4, -0.2) is 30.6 Å². The fraction of sp³-hybridized carbons (Fsp3) is 0.115. The molecular formula is C26H18F3N7O. The number of nitrogens with zero attached hydrogens (tertiary/aromatic N) is 5. The second kappa shape index (κ2) is 9.58. The van der Waals surface area contributed by atoms with E-state index >= 15 is 0 Å². The Morgan fingerprint density at radius 2 is 1.95 bits per heavy atom. The standard InChI is InChI=1S/C26H18F3N7O/c27-26(28,29)19-6-4-16(5-7-19)25(37)35-20-3-1-2-17(12-20)22(8-10-30)36-14-18(13-34-36)23-21-9-11-31-24(21)33-15-32-23/h1-7,9,11-15,22H,8H2,(H,35,37)(H,31,32,33). The molecule has 5 rings (SSSR count). The minimum absolute atomic E-state index is 0.0876. The van der Waals surface area contributed by atoms with E-state index in [0.717, 1.165) is 40.8 Å². The molecule has 2 aromatic carbocycles. The minimum Gasteiger partial charge on any atom is -0.346 e. The number of amides is 1. The number of fused-ring (bicyclic) bond motifs is 1. The normalized spacial score (nSPS) is 12.3. The molecule has 0 fully saturated rings. The highest BCUT2D eigenvalue weighted by Crippen LogP contribution is 2.30. The fourth-order valence-corrected chi connectivity index (χ4v) is 4.02. The maximum Gasteiger partial charge on any atom is 0.416 e. The average molecular weight is 501 g/mol. The van der Waals surface area contributed by atoms with E-state index in [1.165, 1.54) is 6.33 Å². The molecule has 1 unspecified atom stereocenters. The number of H-pyrrole nitrogens is 1. The number of aromatic amines is 1. The quantitative estimate of drug-likeness (QED) is 0.315. The maximum absolute atomic E-state index is 12.8. The summed E-state index contributed by atoms with van der Waals surface area (Å²) in [6.45, 7) is 0. The summed E-state index contributed by atoms with van der Waals surface area (Å²) in [4.78, 5) is 24.2. The van der Waals surface area contributed by atoms with Crippen LogP contribution in [0.2, 0.25) is 0 Å². The minimum atomic E-state index is -4.48. The molecule has 0 bridgehead atoms. The smallest absolute Gasteiger partial charge is 0.346 e. The van der Waals surface area contributed by atoms with Gasteiger partial charge in [-0.15, -0.1) is 0 Å². The zero-order valence-electron chi connectivity index (χ0n) is 19.1. The third-order valence-electron chi connectivity index (χ3n) is 5.84. The van der Waals surface area contributed by atoms with E-state index < -0.39 is 23.7 Å². The summed E-state index contributed by atoms with van der Waals surface area (Å²) in [7, 11) is 0. The summed E-state index contributed by atoms with van der Waals surface area (Å²) in [6, 6.07) is 14.5. The molecule has 5 aromatic rings. The van der Waals surface area contributed by atoms with Gasteiger partial charge in [0.1, 0.15) is 12.0 Å². The van der Waals surface area contributed by atoms with Crippen molar-refractivity contribution in [1.82, 2.24) is 24.7 Å². The highest BCUT2D eigenvalue weighted by molar-refractivity contribution is 6.04. The van der Waals surface area contributed by atoms with Crippen LogP contribution in [0.5, 0.6) is 0 Å². The van der Waals surface area contributed by atoms with Crippen LogP contribution in [0.4, 0.5) is 18.9 Å². The zero-order valence-corrected chi connectivity index (χ0v) is 19.1. The monoisotopic (exact) mass is 501 g/mol. The van der Waals surface area contributed by atoms with Gasteiger partial charge in [-0.1, -0.05) is 12.1 Å². The van der Waals surface area contributed by atoms with E-state index in [-0.39, 0.29) is 12.0 Å². The Morgan fingerprint density at radius 1 is 1.14 bits per heavy atom. The lowest BCUT2D eigenvalue weighted by Gasteiger charge is -2.16. The zero-order chi connectivity index (χ0) is 26.0. The van der Waals surface area contributed by atoms with Crippen molar-refractivity contribution in [2.75, 3.05) is 5.32 Å². The highest BCUT2D eigenvalue weighted by atomic mass is 19.4. The summed E-state index contributed by atoms with van der Waals surface area (Å²) in [5, 5.41) is 17.5. The molecule has 0 saturated heterocycles. The second-order valence-corrected chi connectivity index (χ2v) is 8.20. The maximum atomic E-state index is 12.8. The molecule has 0 aliphatic heterocycles. The Hall–Kier alpha value is -4.98. The van der Waals surface area contributed by atoms with Crippen LogP contribution >= 0.6 is 0 Å². The van der Waals surface area contributed by atoms with Gasteiger partial charge >= 0.3 is 6.18 Å². The van der Waals surface area contributed by atoms with Crippen molar-refractivity contribution in [2.45, 2.75) is 18.6 Å². The molecule has 3 aromatic heterocycles. The van der Waals surface area contributed by atoms with Crippen LogP contribution in [0.15, 0.2) is 79.5 Å². The molecular weight excluding hydrogens is 483 g/mol. The first-order valence-electron chi connectivity index (χ1n) is 11.1. The number of nitrogens with one attached hydrogen (secondary N) is 2. The third kappa shape index (κ3) is 4.90. The van der Waals surface area contributed by atoms with Crippen LogP contribution in [-0.2, 0) is 6.18 Å².